The molecule has 6 nitrogen and oxygen atoms in total. The Balaban J connectivity index is 1.73. The van der Waals surface area contributed by atoms with Crippen molar-refractivity contribution in [3.05, 3.63) is 70.0 Å². The quantitative estimate of drug-likeness (QED) is 0.398. The molecule has 0 fully saturated rings. The Bertz CT molecular complexity index is 836. The standard InChI is InChI=1S/C15H10FN3O3S/c16-12-7-5-10(6-8-12)14-17-18-15(22-14)23-9-11-3-1-2-4-13(11)19(20)21/h1-8H,9H2. The highest BCUT2D eigenvalue weighted by Gasteiger charge is 2.15. The number of nitro groups is 1. The zero-order chi connectivity index (χ0) is 16.2. The minimum absolute atomic E-state index is 0.0540. The van der Waals surface area contributed by atoms with Crippen molar-refractivity contribution in [3.8, 4) is 11.5 Å². The minimum Gasteiger partial charge on any atom is -0.411 e. The van der Waals surface area contributed by atoms with E-state index in [2.05, 4.69) is 10.2 Å². The van der Waals surface area contributed by atoms with Gasteiger partial charge in [0, 0.05) is 22.9 Å². The van der Waals surface area contributed by atoms with Crippen LogP contribution in [0, 0.1) is 15.9 Å². The second-order valence-corrected chi connectivity index (χ2v) is 5.48. The van der Waals surface area contributed by atoms with Crippen LogP contribution in [0.15, 0.2) is 58.2 Å². The van der Waals surface area contributed by atoms with Gasteiger partial charge < -0.3 is 4.42 Å². The van der Waals surface area contributed by atoms with Crippen LogP contribution >= 0.6 is 11.8 Å². The molecule has 1 heterocycles. The van der Waals surface area contributed by atoms with E-state index >= 15 is 0 Å². The summed E-state index contributed by atoms with van der Waals surface area (Å²) >= 11 is 1.20. The van der Waals surface area contributed by atoms with Gasteiger partial charge in [0.15, 0.2) is 0 Å². The molecule has 0 amide bonds. The van der Waals surface area contributed by atoms with Crippen LogP contribution in [0.2, 0.25) is 0 Å². The maximum absolute atomic E-state index is 12.9. The van der Waals surface area contributed by atoms with E-state index in [0.29, 0.717) is 22.1 Å². The maximum Gasteiger partial charge on any atom is 0.277 e. The number of benzene rings is 2. The minimum atomic E-state index is -0.423. The third-order valence-corrected chi connectivity index (χ3v) is 3.90. The lowest BCUT2D eigenvalue weighted by Crippen LogP contribution is -1.93. The number of nitro benzene ring substituents is 1. The molecule has 0 unspecified atom stereocenters. The summed E-state index contributed by atoms with van der Waals surface area (Å²) in [6, 6.07) is 12.2. The molecule has 0 N–H and O–H groups in total. The van der Waals surface area contributed by atoms with Gasteiger partial charge in [0.25, 0.3) is 10.9 Å². The predicted octanol–water partition coefficient (Wildman–Crippen LogP) is 4.08. The molecule has 0 saturated heterocycles. The van der Waals surface area contributed by atoms with Crippen LogP contribution in [0.25, 0.3) is 11.5 Å². The Hall–Kier alpha value is -2.74. The molecule has 0 aliphatic heterocycles. The molecule has 23 heavy (non-hydrogen) atoms. The number of thioether (sulfide) groups is 1. The van der Waals surface area contributed by atoms with E-state index in [9.17, 15) is 14.5 Å². The largest absolute Gasteiger partial charge is 0.411 e. The van der Waals surface area contributed by atoms with Crippen molar-refractivity contribution in [2.75, 3.05) is 0 Å². The van der Waals surface area contributed by atoms with Gasteiger partial charge in [-0.05, 0) is 24.3 Å². The first kappa shape index (κ1) is 15.2. The number of nitrogens with zero attached hydrogens (tertiary/aromatic N) is 3. The second kappa shape index (κ2) is 6.57. The van der Waals surface area contributed by atoms with E-state index < -0.39 is 4.92 Å². The lowest BCUT2D eigenvalue weighted by Gasteiger charge is -2.00. The smallest absolute Gasteiger partial charge is 0.277 e. The maximum atomic E-state index is 12.9. The molecule has 116 valence electrons. The van der Waals surface area contributed by atoms with Crippen molar-refractivity contribution in [2.24, 2.45) is 0 Å². The first-order valence-corrected chi connectivity index (χ1v) is 7.56. The fraction of sp³-hybridized carbons (Fsp3) is 0.0667. The Labute approximate surface area is 134 Å². The van der Waals surface area contributed by atoms with Crippen LogP contribution in [-0.2, 0) is 5.75 Å². The van der Waals surface area contributed by atoms with E-state index in [1.165, 1.54) is 30.0 Å². The Morgan fingerprint density at radius 2 is 1.87 bits per heavy atom. The molecule has 0 bridgehead atoms. The summed E-state index contributed by atoms with van der Waals surface area (Å²) in [4.78, 5) is 10.5. The summed E-state index contributed by atoms with van der Waals surface area (Å²) in [7, 11) is 0. The van der Waals surface area contributed by atoms with E-state index in [1.807, 2.05) is 0 Å². The van der Waals surface area contributed by atoms with Gasteiger partial charge in [-0.2, -0.15) is 0 Å². The average Bonchev–Trinajstić information content (AvgIpc) is 3.03. The average molecular weight is 331 g/mol. The zero-order valence-electron chi connectivity index (χ0n) is 11.7. The highest BCUT2D eigenvalue weighted by atomic mass is 32.2. The summed E-state index contributed by atoms with van der Waals surface area (Å²) in [6.07, 6.45) is 0. The van der Waals surface area contributed by atoms with Gasteiger partial charge in [0.05, 0.1) is 4.92 Å². The van der Waals surface area contributed by atoms with Gasteiger partial charge in [0.2, 0.25) is 5.89 Å². The van der Waals surface area contributed by atoms with Crippen molar-refractivity contribution in [1.29, 1.82) is 0 Å². The van der Waals surface area contributed by atoms with E-state index in [0.717, 1.165) is 0 Å². The number of halogens is 1. The molecule has 3 rings (SSSR count). The fourth-order valence-electron chi connectivity index (χ4n) is 1.93. The molecule has 0 atom stereocenters. The number of para-hydroxylation sites is 1. The molecule has 3 aromatic rings. The molecule has 0 radical (unpaired) electrons. The van der Waals surface area contributed by atoms with E-state index in [4.69, 9.17) is 4.42 Å². The Morgan fingerprint density at radius 1 is 1.13 bits per heavy atom. The molecule has 0 aliphatic carbocycles. The second-order valence-electron chi connectivity index (χ2n) is 4.55. The van der Waals surface area contributed by atoms with Gasteiger partial charge in [-0.15, -0.1) is 10.2 Å². The molecule has 8 heteroatoms. The third-order valence-electron chi connectivity index (χ3n) is 3.04. The lowest BCUT2D eigenvalue weighted by atomic mass is 10.2. The van der Waals surface area contributed by atoms with Crippen LogP contribution in [0.4, 0.5) is 10.1 Å². The SMILES string of the molecule is O=[N+]([O-])c1ccccc1CSc1nnc(-c2ccc(F)cc2)o1. The molecule has 0 saturated carbocycles. The molecular weight excluding hydrogens is 321 g/mol. The number of aromatic nitrogens is 2. The van der Waals surface area contributed by atoms with Crippen molar-refractivity contribution < 1.29 is 13.7 Å². The number of hydrogen-bond acceptors (Lipinski definition) is 6. The molecular formula is C15H10FN3O3S. The van der Waals surface area contributed by atoms with Crippen molar-refractivity contribution in [1.82, 2.24) is 10.2 Å². The predicted molar refractivity (Wildman–Crippen MR) is 82.3 cm³/mol. The van der Waals surface area contributed by atoms with Crippen LogP contribution in [0.3, 0.4) is 0 Å². The lowest BCUT2D eigenvalue weighted by molar-refractivity contribution is -0.385. The summed E-state index contributed by atoms with van der Waals surface area (Å²) in [6.45, 7) is 0. The van der Waals surface area contributed by atoms with Gasteiger partial charge in [-0.25, -0.2) is 4.39 Å². The fourth-order valence-corrected chi connectivity index (χ4v) is 2.69. The van der Waals surface area contributed by atoms with Gasteiger partial charge in [-0.3, -0.25) is 10.1 Å². The van der Waals surface area contributed by atoms with Crippen LogP contribution < -0.4 is 0 Å². The summed E-state index contributed by atoms with van der Waals surface area (Å²) in [5, 5.41) is 19.0. The number of hydrogen-bond donors (Lipinski definition) is 0. The highest BCUT2D eigenvalue weighted by molar-refractivity contribution is 7.98. The van der Waals surface area contributed by atoms with Gasteiger partial charge >= 0.3 is 0 Å². The number of rotatable bonds is 5. The summed E-state index contributed by atoms with van der Waals surface area (Å²) in [5.74, 6) is 0.261. The third kappa shape index (κ3) is 3.54. The van der Waals surface area contributed by atoms with E-state index in [1.54, 1.807) is 30.3 Å². The normalized spacial score (nSPS) is 10.7. The highest BCUT2D eigenvalue weighted by Crippen LogP contribution is 2.29. The van der Waals surface area contributed by atoms with Crippen molar-refractivity contribution >= 4 is 17.4 Å². The van der Waals surface area contributed by atoms with Crippen LogP contribution in [0.1, 0.15) is 5.56 Å². The first-order valence-electron chi connectivity index (χ1n) is 6.58. The van der Waals surface area contributed by atoms with Crippen LogP contribution in [-0.4, -0.2) is 15.1 Å². The monoisotopic (exact) mass is 331 g/mol. The zero-order valence-corrected chi connectivity index (χ0v) is 12.5. The summed E-state index contributed by atoms with van der Waals surface area (Å²) in [5.41, 5.74) is 1.23. The molecule has 0 aliphatic rings. The Morgan fingerprint density at radius 3 is 2.61 bits per heavy atom. The van der Waals surface area contributed by atoms with Crippen LogP contribution in [0.5, 0.6) is 0 Å². The summed E-state index contributed by atoms with van der Waals surface area (Å²) < 4.78 is 18.4. The van der Waals surface area contributed by atoms with Crippen molar-refractivity contribution in [2.45, 2.75) is 11.0 Å². The van der Waals surface area contributed by atoms with Crippen molar-refractivity contribution in [3.63, 3.8) is 0 Å². The Kier molecular flexibility index (Phi) is 4.33. The molecule has 1 aromatic heterocycles. The molecule has 2 aromatic carbocycles. The molecule has 0 spiro atoms. The van der Waals surface area contributed by atoms with Gasteiger partial charge in [0.1, 0.15) is 5.82 Å². The van der Waals surface area contributed by atoms with Gasteiger partial charge in [-0.1, -0.05) is 30.0 Å². The topological polar surface area (TPSA) is 82.1 Å². The first-order chi connectivity index (χ1) is 11.1. The van der Waals surface area contributed by atoms with E-state index in [-0.39, 0.29) is 17.4 Å².